The van der Waals surface area contributed by atoms with Crippen molar-refractivity contribution in [2.75, 3.05) is 0 Å². The molecule has 0 saturated carbocycles. The van der Waals surface area contributed by atoms with Crippen LogP contribution in [0.2, 0.25) is 5.02 Å². The van der Waals surface area contributed by atoms with Crippen LogP contribution in [0.3, 0.4) is 0 Å². The van der Waals surface area contributed by atoms with Gasteiger partial charge in [-0.15, -0.1) is 0 Å². The summed E-state index contributed by atoms with van der Waals surface area (Å²) in [5.41, 5.74) is 2.17. The summed E-state index contributed by atoms with van der Waals surface area (Å²) in [7, 11) is 0. The third-order valence-electron chi connectivity index (χ3n) is 2.75. The highest BCUT2D eigenvalue weighted by Gasteiger charge is 2.05. The highest BCUT2D eigenvalue weighted by atomic mass is 35.5. The van der Waals surface area contributed by atoms with Crippen molar-refractivity contribution < 1.29 is 5.11 Å². The second-order valence-corrected chi connectivity index (χ2v) is 5.03. The molecule has 0 fully saturated rings. The van der Waals surface area contributed by atoms with Gasteiger partial charge in [-0.25, -0.2) is 0 Å². The van der Waals surface area contributed by atoms with Crippen molar-refractivity contribution in [1.29, 1.82) is 0 Å². The SMILES string of the molecule is Oc1ccc2cc(-c3cscc3Cl)ccc2c1. The fraction of sp³-hybridized carbons (Fsp3) is 0. The average molecular weight is 261 g/mol. The molecule has 1 nitrogen and oxygen atoms in total. The van der Waals surface area contributed by atoms with Crippen LogP contribution in [0.5, 0.6) is 5.75 Å². The number of fused-ring (bicyclic) bond motifs is 1. The average Bonchev–Trinajstić information content (AvgIpc) is 2.75. The lowest BCUT2D eigenvalue weighted by Crippen LogP contribution is -1.77. The zero-order valence-electron chi connectivity index (χ0n) is 8.85. The smallest absolute Gasteiger partial charge is 0.116 e. The van der Waals surface area contributed by atoms with Crippen LogP contribution in [-0.2, 0) is 0 Å². The van der Waals surface area contributed by atoms with E-state index in [4.69, 9.17) is 11.6 Å². The lowest BCUT2D eigenvalue weighted by molar-refractivity contribution is 0.476. The minimum absolute atomic E-state index is 0.291. The summed E-state index contributed by atoms with van der Waals surface area (Å²) in [6.07, 6.45) is 0. The summed E-state index contributed by atoms with van der Waals surface area (Å²) in [6, 6.07) is 11.5. The van der Waals surface area contributed by atoms with Crippen LogP contribution < -0.4 is 0 Å². The van der Waals surface area contributed by atoms with Gasteiger partial charge in [-0.2, -0.15) is 11.3 Å². The van der Waals surface area contributed by atoms with Crippen molar-refractivity contribution in [2.45, 2.75) is 0 Å². The number of rotatable bonds is 1. The topological polar surface area (TPSA) is 20.2 Å². The van der Waals surface area contributed by atoms with Gasteiger partial charge in [-0.1, -0.05) is 29.8 Å². The first kappa shape index (κ1) is 10.6. The van der Waals surface area contributed by atoms with Crippen LogP contribution in [0.4, 0.5) is 0 Å². The van der Waals surface area contributed by atoms with E-state index in [9.17, 15) is 5.11 Å². The van der Waals surface area contributed by atoms with Gasteiger partial charge < -0.3 is 5.11 Å². The molecule has 3 rings (SSSR count). The second kappa shape index (κ2) is 4.06. The van der Waals surface area contributed by atoms with Gasteiger partial charge in [0.1, 0.15) is 5.75 Å². The predicted molar refractivity (Wildman–Crippen MR) is 73.9 cm³/mol. The normalized spacial score (nSPS) is 10.9. The lowest BCUT2D eigenvalue weighted by atomic mass is 10.0. The molecule has 0 saturated heterocycles. The Hall–Kier alpha value is -1.51. The Morgan fingerprint density at radius 2 is 1.71 bits per heavy atom. The number of phenols is 1. The fourth-order valence-electron chi connectivity index (χ4n) is 1.89. The van der Waals surface area contributed by atoms with Gasteiger partial charge in [0.05, 0.1) is 5.02 Å². The molecule has 1 heterocycles. The molecule has 17 heavy (non-hydrogen) atoms. The minimum Gasteiger partial charge on any atom is -0.508 e. The Bertz CT molecular complexity index is 688. The standard InChI is InChI=1S/C14H9ClOS/c15-14-8-17-7-13(14)11-2-1-10-6-12(16)4-3-9(10)5-11/h1-8,16H. The zero-order chi connectivity index (χ0) is 11.8. The number of halogens is 1. The first-order valence-corrected chi connectivity index (χ1v) is 6.51. The number of benzene rings is 2. The van der Waals surface area contributed by atoms with Crippen LogP contribution in [0, 0.1) is 0 Å². The van der Waals surface area contributed by atoms with Gasteiger partial charge >= 0.3 is 0 Å². The molecule has 0 atom stereocenters. The predicted octanol–water partition coefficient (Wildman–Crippen LogP) is 4.93. The summed E-state index contributed by atoms with van der Waals surface area (Å²) < 4.78 is 0. The molecule has 84 valence electrons. The van der Waals surface area contributed by atoms with E-state index >= 15 is 0 Å². The van der Waals surface area contributed by atoms with E-state index in [1.165, 1.54) is 0 Å². The number of phenolic OH excluding ortho intramolecular Hbond substituents is 1. The Morgan fingerprint density at radius 3 is 2.47 bits per heavy atom. The quantitative estimate of drug-likeness (QED) is 0.658. The van der Waals surface area contributed by atoms with Gasteiger partial charge in [0, 0.05) is 16.3 Å². The van der Waals surface area contributed by atoms with Crippen LogP contribution in [-0.4, -0.2) is 5.11 Å². The summed E-state index contributed by atoms with van der Waals surface area (Å²) >= 11 is 7.72. The molecule has 0 aliphatic rings. The molecule has 3 aromatic rings. The maximum Gasteiger partial charge on any atom is 0.116 e. The summed E-state index contributed by atoms with van der Waals surface area (Å²) in [5, 5.41) is 16.3. The number of hydrogen-bond acceptors (Lipinski definition) is 2. The Labute approximate surface area is 108 Å². The molecule has 0 spiro atoms. The molecule has 0 unspecified atom stereocenters. The Kier molecular flexibility index (Phi) is 2.54. The third-order valence-corrected chi connectivity index (χ3v) is 3.94. The molecule has 0 aliphatic heterocycles. The largest absolute Gasteiger partial charge is 0.508 e. The molecule has 3 heteroatoms. The van der Waals surface area contributed by atoms with Crippen LogP contribution >= 0.6 is 22.9 Å². The van der Waals surface area contributed by atoms with Crippen molar-refractivity contribution in [3.63, 3.8) is 0 Å². The van der Waals surface area contributed by atoms with Crippen molar-refractivity contribution in [3.05, 3.63) is 52.2 Å². The van der Waals surface area contributed by atoms with E-state index < -0.39 is 0 Å². The maximum absolute atomic E-state index is 9.41. The molecular formula is C14H9ClOS. The van der Waals surface area contributed by atoms with E-state index in [2.05, 4.69) is 6.07 Å². The van der Waals surface area contributed by atoms with Gasteiger partial charge in [-0.05, 0) is 34.5 Å². The third kappa shape index (κ3) is 1.90. The number of thiophene rings is 1. The van der Waals surface area contributed by atoms with E-state index in [1.54, 1.807) is 23.5 Å². The first-order chi connectivity index (χ1) is 8.24. The highest BCUT2D eigenvalue weighted by molar-refractivity contribution is 7.09. The summed E-state index contributed by atoms with van der Waals surface area (Å²) in [4.78, 5) is 0. The highest BCUT2D eigenvalue weighted by Crippen LogP contribution is 2.33. The van der Waals surface area contributed by atoms with E-state index in [0.29, 0.717) is 5.75 Å². The van der Waals surface area contributed by atoms with Crippen molar-refractivity contribution >= 4 is 33.7 Å². The monoisotopic (exact) mass is 260 g/mol. The molecule has 1 aromatic heterocycles. The van der Waals surface area contributed by atoms with Crippen molar-refractivity contribution in [2.24, 2.45) is 0 Å². The zero-order valence-corrected chi connectivity index (χ0v) is 10.4. The maximum atomic E-state index is 9.41. The number of aromatic hydroxyl groups is 1. The molecule has 1 N–H and O–H groups in total. The Balaban J connectivity index is 2.20. The molecule has 2 aromatic carbocycles. The Morgan fingerprint density at radius 1 is 0.941 bits per heavy atom. The molecule has 0 aliphatic carbocycles. The van der Waals surface area contributed by atoms with Crippen molar-refractivity contribution in [1.82, 2.24) is 0 Å². The molecule has 0 amide bonds. The molecular weight excluding hydrogens is 252 g/mol. The van der Waals surface area contributed by atoms with Crippen LogP contribution in [0.15, 0.2) is 47.2 Å². The summed E-state index contributed by atoms with van der Waals surface area (Å²) in [6.45, 7) is 0. The summed E-state index contributed by atoms with van der Waals surface area (Å²) in [5.74, 6) is 0.291. The first-order valence-electron chi connectivity index (χ1n) is 5.19. The van der Waals surface area contributed by atoms with E-state index in [1.807, 2.05) is 29.0 Å². The van der Waals surface area contributed by atoms with Crippen LogP contribution in [0.1, 0.15) is 0 Å². The lowest BCUT2D eigenvalue weighted by Gasteiger charge is -2.03. The van der Waals surface area contributed by atoms with E-state index in [-0.39, 0.29) is 0 Å². The number of hydrogen-bond donors (Lipinski definition) is 1. The molecule has 0 radical (unpaired) electrons. The van der Waals surface area contributed by atoms with Gasteiger partial charge in [-0.3, -0.25) is 0 Å². The fourth-order valence-corrected chi connectivity index (χ4v) is 2.98. The minimum atomic E-state index is 0.291. The van der Waals surface area contributed by atoms with Gasteiger partial charge in [0.15, 0.2) is 0 Å². The van der Waals surface area contributed by atoms with Gasteiger partial charge in [0.2, 0.25) is 0 Å². The van der Waals surface area contributed by atoms with E-state index in [0.717, 1.165) is 26.9 Å². The second-order valence-electron chi connectivity index (χ2n) is 3.88. The molecule has 0 bridgehead atoms. The van der Waals surface area contributed by atoms with Crippen molar-refractivity contribution in [3.8, 4) is 16.9 Å². The van der Waals surface area contributed by atoms with Gasteiger partial charge in [0.25, 0.3) is 0 Å². The van der Waals surface area contributed by atoms with Crippen LogP contribution in [0.25, 0.3) is 21.9 Å².